The van der Waals surface area contributed by atoms with Crippen LogP contribution in [0.4, 0.5) is 0 Å². The van der Waals surface area contributed by atoms with Crippen LogP contribution in [-0.4, -0.2) is 18.2 Å². The van der Waals surface area contributed by atoms with Crippen molar-refractivity contribution in [2.24, 2.45) is 0 Å². The molecule has 0 bridgehead atoms. The predicted octanol–water partition coefficient (Wildman–Crippen LogP) is 2.91. The zero-order chi connectivity index (χ0) is 16.6. The van der Waals surface area contributed by atoms with Crippen LogP contribution in [0.1, 0.15) is 16.7 Å². The van der Waals surface area contributed by atoms with Gasteiger partial charge in [0.2, 0.25) is 0 Å². The molecule has 0 aliphatic carbocycles. The van der Waals surface area contributed by atoms with Crippen LogP contribution in [0.15, 0.2) is 59.4 Å². The van der Waals surface area contributed by atoms with Gasteiger partial charge in [0.1, 0.15) is 5.41 Å². The van der Waals surface area contributed by atoms with E-state index in [9.17, 15) is 10.1 Å². The Morgan fingerprint density at radius 2 is 1.88 bits per heavy atom. The van der Waals surface area contributed by atoms with Crippen molar-refractivity contribution in [3.8, 4) is 6.07 Å². The second-order valence-corrected chi connectivity index (χ2v) is 6.27. The van der Waals surface area contributed by atoms with Gasteiger partial charge in [-0.05, 0) is 28.6 Å². The number of ether oxygens (including phenoxy) is 1. The minimum atomic E-state index is -0.501. The maximum absolute atomic E-state index is 12.3. The summed E-state index contributed by atoms with van der Waals surface area (Å²) in [5.74, 6) is 0. The van der Waals surface area contributed by atoms with E-state index < -0.39 is 5.41 Å². The first kappa shape index (κ1) is 14.7. The first-order valence-electron chi connectivity index (χ1n) is 7.90. The van der Waals surface area contributed by atoms with Crippen molar-refractivity contribution in [2.75, 3.05) is 13.2 Å². The van der Waals surface area contributed by atoms with Gasteiger partial charge in [0, 0.05) is 17.5 Å². The zero-order valence-corrected chi connectivity index (χ0v) is 13.1. The van der Waals surface area contributed by atoms with Gasteiger partial charge in [-0.3, -0.25) is 4.79 Å². The van der Waals surface area contributed by atoms with Crippen molar-refractivity contribution in [3.63, 3.8) is 0 Å². The van der Waals surface area contributed by atoms with E-state index in [1.54, 1.807) is 0 Å². The number of benzene rings is 2. The van der Waals surface area contributed by atoms with Gasteiger partial charge in [0.25, 0.3) is 5.56 Å². The molecule has 4 nitrogen and oxygen atoms in total. The summed E-state index contributed by atoms with van der Waals surface area (Å²) in [7, 11) is 0. The SMILES string of the molecule is N#CC1(c2ccc(Cc3cc4ccccc4[nH]c3=O)cc2)COC1. The van der Waals surface area contributed by atoms with E-state index in [0.717, 1.165) is 27.6 Å². The molecule has 1 N–H and O–H groups in total. The summed E-state index contributed by atoms with van der Waals surface area (Å²) >= 11 is 0. The summed E-state index contributed by atoms with van der Waals surface area (Å²) in [6, 6.07) is 20.0. The highest BCUT2D eigenvalue weighted by Crippen LogP contribution is 2.31. The first-order chi connectivity index (χ1) is 11.7. The van der Waals surface area contributed by atoms with Gasteiger partial charge < -0.3 is 9.72 Å². The Morgan fingerprint density at radius 3 is 2.54 bits per heavy atom. The Kier molecular flexibility index (Phi) is 3.44. The lowest BCUT2D eigenvalue weighted by atomic mass is 9.80. The fourth-order valence-corrected chi connectivity index (χ4v) is 3.09. The summed E-state index contributed by atoms with van der Waals surface area (Å²) in [6.45, 7) is 0.903. The smallest absolute Gasteiger partial charge is 0.251 e. The Balaban J connectivity index is 1.63. The highest BCUT2D eigenvalue weighted by atomic mass is 16.5. The number of aromatic amines is 1. The number of hydrogen-bond acceptors (Lipinski definition) is 3. The number of para-hydroxylation sites is 1. The van der Waals surface area contributed by atoms with Crippen LogP contribution in [0, 0.1) is 11.3 Å². The third kappa shape index (κ3) is 2.40. The molecule has 0 atom stereocenters. The Hall–Kier alpha value is -2.90. The largest absolute Gasteiger partial charge is 0.377 e. The summed E-state index contributed by atoms with van der Waals surface area (Å²) in [6.07, 6.45) is 0.566. The summed E-state index contributed by atoms with van der Waals surface area (Å²) in [5.41, 5.74) is 3.06. The third-order valence-corrected chi connectivity index (χ3v) is 4.64. The topological polar surface area (TPSA) is 65.9 Å². The quantitative estimate of drug-likeness (QED) is 0.808. The molecule has 118 valence electrons. The number of H-pyrrole nitrogens is 1. The minimum absolute atomic E-state index is 0.0568. The number of fused-ring (bicyclic) bond motifs is 1. The molecule has 1 aromatic heterocycles. The van der Waals surface area contributed by atoms with Crippen molar-refractivity contribution < 1.29 is 4.74 Å². The van der Waals surface area contributed by atoms with Gasteiger partial charge in [-0.15, -0.1) is 0 Å². The average molecular weight is 316 g/mol. The molecule has 0 radical (unpaired) electrons. The molecule has 1 aliphatic rings. The fraction of sp³-hybridized carbons (Fsp3) is 0.200. The van der Waals surface area contributed by atoms with Gasteiger partial charge in [-0.1, -0.05) is 42.5 Å². The highest BCUT2D eigenvalue weighted by molar-refractivity contribution is 5.78. The third-order valence-electron chi connectivity index (χ3n) is 4.64. The van der Waals surface area contributed by atoms with Gasteiger partial charge in [0.05, 0.1) is 19.3 Å². The molecular weight excluding hydrogens is 300 g/mol. The molecular formula is C20H16N2O2. The van der Waals surface area contributed by atoms with E-state index in [1.807, 2.05) is 54.6 Å². The molecule has 0 unspecified atom stereocenters. The van der Waals surface area contributed by atoms with Crippen molar-refractivity contribution >= 4 is 10.9 Å². The van der Waals surface area contributed by atoms with E-state index >= 15 is 0 Å². The van der Waals surface area contributed by atoms with Crippen molar-refractivity contribution in [2.45, 2.75) is 11.8 Å². The van der Waals surface area contributed by atoms with Crippen LogP contribution in [0.3, 0.4) is 0 Å². The Bertz CT molecular complexity index is 993. The molecule has 4 rings (SSSR count). The van der Waals surface area contributed by atoms with Crippen LogP contribution in [0.2, 0.25) is 0 Å². The summed E-state index contributed by atoms with van der Waals surface area (Å²) in [4.78, 5) is 15.2. The molecule has 1 aliphatic heterocycles. The minimum Gasteiger partial charge on any atom is -0.377 e. The molecule has 0 spiro atoms. The molecule has 3 aromatic rings. The predicted molar refractivity (Wildman–Crippen MR) is 91.9 cm³/mol. The molecule has 1 saturated heterocycles. The number of nitrogens with zero attached hydrogens (tertiary/aromatic N) is 1. The number of aromatic nitrogens is 1. The number of hydrogen-bond donors (Lipinski definition) is 1. The Labute approximate surface area is 139 Å². The van der Waals surface area contributed by atoms with E-state index in [0.29, 0.717) is 19.6 Å². The number of rotatable bonds is 3. The number of pyridine rings is 1. The lowest BCUT2D eigenvalue weighted by molar-refractivity contribution is -0.0298. The van der Waals surface area contributed by atoms with Crippen LogP contribution >= 0.6 is 0 Å². The molecule has 2 heterocycles. The lowest BCUT2D eigenvalue weighted by Gasteiger charge is -2.35. The summed E-state index contributed by atoms with van der Waals surface area (Å²) in [5, 5.41) is 10.4. The van der Waals surface area contributed by atoms with Crippen LogP contribution < -0.4 is 5.56 Å². The van der Waals surface area contributed by atoms with E-state index in [-0.39, 0.29) is 5.56 Å². The van der Waals surface area contributed by atoms with Crippen molar-refractivity contribution in [1.82, 2.24) is 4.98 Å². The van der Waals surface area contributed by atoms with E-state index in [4.69, 9.17) is 4.74 Å². The number of nitrogens with one attached hydrogen (secondary N) is 1. The molecule has 24 heavy (non-hydrogen) atoms. The van der Waals surface area contributed by atoms with Crippen LogP contribution in [-0.2, 0) is 16.6 Å². The van der Waals surface area contributed by atoms with Crippen molar-refractivity contribution in [1.29, 1.82) is 5.26 Å². The Morgan fingerprint density at radius 1 is 1.12 bits per heavy atom. The first-order valence-corrected chi connectivity index (χ1v) is 7.90. The summed E-state index contributed by atoms with van der Waals surface area (Å²) < 4.78 is 5.20. The molecule has 1 fully saturated rings. The molecule has 4 heteroatoms. The zero-order valence-electron chi connectivity index (χ0n) is 13.1. The maximum atomic E-state index is 12.3. The second kappa shape index (κ2) is 5.63. The van der Waals surface area contributed by atoms with Crippen molar-refractivity contribution in [3.05, 3.63) is 81.6 Å². The highest BCUT2D eigenvalue weighted by Gasteiger charge is 2.40. The van der Waals surface area contributed by atoms with Crippen LogP contribution in [0.25, 0.3) is 10.9 Å². The van der Waals surface area contributed by atoms with Gasteiger partial charge in [0.15, 0.2) is 0 Å². The fourth-order valence-electron chi connectivity index (χ4n) is 3.09. The van der Waals surface area contributed by atoms with E-state index in [1.165, 1.54) is 0 Å². The average Bonchev–Trinajstić information content (AvgIpc) is 2.56. The lowest BCUT2D eigenvalue weighted by Crippen LogP contribution is -2.45. The second-order valence-electron chi connectivity index (χ2n) is 6.27. The van der Waals surface area contributed by atoms with Gasteiger partial charge >= 0.3 is 0 Å². The molecule has 0 saturated carbocycles. The molecule has 0 amide bonds. The van der Waals surface area contributed by atoms with E-state index in [2.05, 4.69) is 11.1 Å². The maximum Gasteiger partial charge on any atom is 0.251 e. The monoisotopic (exact) mass is 316 g/mol. The van der Waals surface area contributed by atoms with Gasteiger partial charge in [-0.2, -0.15) is 5.26 Å². The normalized spacial score (nSPS) is 15.6. The standard InChI is InChI=1S/C20H16N2O2/c21-11-20(12-24-13-20)17-7-5-14(6-8-17)9-16-10-15-3-1-2-4-18(15)22-19(16)23/h1-8,10H,9,12-13H2,(H,22,23). The van der Waals surface area contributed by atoms with Gasteiger partial charge in [-0.25, -0.2) is 0 Å². The molecule has 2 aromatic carbocycles. The number of nitriles is 1. The van der Waals surface area contributed by atoms with Crippen LogP contribution in [0.5, 0.6) is 0 Å².